The lowest BCUT2D eigenvalue weighted by atomic mass is 10.2. The third-order valence-electron chi connectivity index (χ3n) is 15.7. The number of nitrogens with zero attached hydrogens (tertiary/aromatic N) is 18. The smallest absolute Gasteiger partial charge is 0.433 e. The number of ether oxygens (including phenoxy) is 7. The molecule has 0 bridgehead atoms. The minimum Gasteiger partial charge on any atom is -0.497 e. The van der Waals surface area contributed by atoms with Gasteiger partial charge in [-0.15, -0.1) is 20.4 Å². The molecule has 12 aromatic rings. The Bertz CT molecular complexity index is 4910. The van der Waals surface area contributed by atoms with Gasteiger partial charge in [0.1, 0.15) is 22.9 Å². The van der Waals surface area contributed by atoms with Crippen molar-refractivity contribution in [2.45, 2.75) is 12.6 Å². The molecule has 8 aromatic heterocycles. The molecule has 108 heavy (non-hydrogen) atoms. The molecule has 2 saturated heterocycles. The van der Waals surface area contributed by atoms with Crippen molar-refractivity contribution in [1.82, 2.24) is 83.9 Å². The van der Waals surface area contributed by atoms with E-state index in [1.54, 1.807) is 81.2 Å². The van der Waals surface area contributed by atoms with E-state index in [9.17, 15) is 18.0 Å². The average molecular weight is 1500 g/mol. The zero-order valence-electron chi connectivity index (χ0n) is 58.6. The van der Waals surface area contributed by atoms with Crippen molar-refractivity contribution >= 4 is 93.5 Å². The van der Waals surface area contributed by atoms with Gasteiger partial charge >= 0.3 is 6.18 Å². The van der Waals surface area contributed by atoms with Crippen LogP contribution in [-0.4, -0.2) is 184 Å². The second-order valence-electron chi connectivity index (χ2n) is 22.9. The van der Waals surface area contributed by atoms with Crippen LogP contribution >= 0.6 is 11.6 Å². The molecule has 4 aromatic carbocycles. The number of methoxy groups -OCH3 is 4. The highest BCUT2D eigenvalue weighted by molar-refractivity contribution is 6.33. The Labute approximate surface area is 620 Å². The molecule has 39 heteroatoms. The molecule has 0 unspecified atom stereocenters. The van der Waals surface area contributed by atoms with Crippen molar-refractivity contribution in [2.75, 3.05) is 143 Å². The summed E-state index contributed by atoms with van der Waals surface area (Å²) in [5.74, 6) is 5.59. The highest BCUT2D eigenvalue weighted by atomic mass is 35.5. The number of carbonyl (C=O) groups is 1. The van der Waals surface area contributed by atoms with Crippen LogP contribution in [0.2, 0.25) is 5.02 Å². The number of nitrogens with two attached hydrogens (primary N) is 5. The molecule has 2 aliphatic heterocycles. The Morgan fingerprint density at radius 1 is 0.509 bits per heavy atom. The van der Waals surface area contributed by atoms with Gasteiger partial charge in [-0.1, -0.05) is 29.8 Å². The summed E-state index contributed by atoms with van der Waals surface area (Å²) in [5.41, 5.74) is 31.9. The number of nitrogens with one attached hydrogen (secondary N) is 4. The number of alkyl halides is 3. The lowest BCUT2D eigenvalue weighted by molar-refractivity contribution is -0.141. The number of anilines is 13. The van der Waals surface area contributed by atoms with E-state index in [1.807, 2.05) is 72.8 Å². The molecule has 0 radical (unpaired) electrons. The fourth-order valence-electron chi connectivity index (χ4n) is 10.4. The van der Waals surface area contributed by atoms with E-state index < -0.39 is 17.8 Å². The van der Waals surface area contributed by atoms with Crippen molar-refractivity contribution in [3.05, 3.63) is 180 Å². The topological polar surface area (TPSA) is 441 Å². The van der Waals surface area contributed by atoms with Crippen LogP contribution in [-0.2, 0) is 15.7 Å². The quantitative estimate of drug-likeness (QED) is 0.0270. The highest BCUT2D eigenvalue weighted by Crippen LogP contribution is 2.35. The van der Waals surface area contributed by atoms with Gasteiger partial charge in [0.2, 0.25) is 53.5 Å². The molecule has 14 N–H and O–H groups in total. The Hall–Kier alpha value is -13.3. The second-order valence-corrected chi connectivity index (χ2v) is 23.3. The molecule has 0 aliphatic carbocycles. The third-order valence-corrected chi connectivity index (χ3v) is 16.1. The van der Waals surface area contributed by atoms with Crippen LogP contribution in [0.5, 0.6) is 28.7 Å². The number of carbonyl (C=O) groups excluding carboxylic acids is 1. The van der Waals surface area contributed by atoms with E-state index in [4.69, 9.17) is 73.4 Å². The number of amides is 1. The van der Waals surface area contributed by atoms with Crippen molar-refractivity contribution < 1.29 is 51.1 Å². The van der Waals surface area contributed by atoms with Crippen LogP contribution in [0.15, 0.2) is 164 Å². The maximum Gasteiger partial charge on any atom is 0.433 e. The van der Waals surface area contributed by atoms with Gasteiger partial charge in [-0.25, -0.2) is 19.9 Å². The number of hydrogen-bond donors (Lipinski definition) is 9. The molecule has 562 valence electrons. The van der Waals surface area contributed by atoms with Gasteiger partial charge in [0.25, 0.3) is 0 Å². The number of hydrogen-bond acceptors (Lipinski definition) is 30. The van der Waals surface area contributed by atoms with E-state index in [2.05, 4.69) is 91.3 Å². The standard InChI is InChI=1S/C21H27N7O3.C18H20N8O2.C16H15F3N6O2.C14H13ClN6O/c1-29-18-15-16(6-7-17(18)31-12-4-9-27-10-13-30-14-11-27)24-21-25-20(22)28(26-21)19-5-2-3-8-23-19;19-16(27)12-1-6-15(21-11-12)26-17(20)23-18(24-26)22-13-2-4-14(5-3-13)25-7-9-28-10-8-25;1-26-9-6-7-11(27-2)10(8-9)21-15-23-14(20)25(24-15)13-5-3-4-12(22-13)16(17,18)19;1-22-9-5-6-10(15)11(8-9)18-14-19-13(16)21(20-14)12-4-2-3-7-17-12/h2-3,5-8,15H,4,9-14H2,1H3,(H3,22,24,25,26);1-6,11H,7-10H2,(H2,19,27)(H3,20,22,23,24);3-8H,1-2H3,(H3,20,21,23,24);2-8H,1H3,(H3,16,18,19,20). The maximum atomic E-state index is 12.9. The average Bonchev–Trinajstić information content (AvgIpc) is 1.39. The zero-order chi connectivity index (χ0) is 76.1. The molecule has 10 heterocycles. The van der Waals surface area contributed by atoms with Gasteiger partial charge in [-0.3, -0.25) is 9.69 Å². The zero-order valence-corrected chi connectivity index (χ0v) is 59.3. The summed E-state index contributed by atoms with van der Waals surface area (Å²) in [7, 11) is 6.20. The molecule has 0 saturated carbocycles. The van der Waals surface area contributed by atoms with E-state index in [0.29, 0.717) is 92.6 Å². The van der Waals surface area contributed by atoms with Gasteiger partial charge < -0.3 is 88.0 Å². The Morgan fingerprint density at radius 2 is 1.01 bits per heavy atom. The van der Waals surface area contributed by atoms with E-state index >= 15 is 0 Å². The van der Waals surface area contributed by atoms with Crippen LogP contribution in [0.1, 0.15) is 22.5 Å². The van der Waals surface area contributed by atoms with Gasteiger partial charge in [0.05, 0.1) is 83.4 Å². The molecule has 1 amide bonds. The molecule has 0 spiro atoms. The number of rotatable bonds is 23. The van der Waals surface area contributed by atoms with Crippen molar-refractivity contribution in [1.29, 1.82) is 0 Å². The van der Waals surface area contributed by atoms with Gasteiger partial charge in [0, 0.05) is 86.6 Å². The van der Waals surface area contributed by atoms with E-state index in [-0.39, 0.29) is 35.6 Å². The fraction of sp³-hybridized carbons (Fsp3) is 0.232. The summed E-state index contributed by atoms with van der Waals surface area (Å²) in [6.45, 7) is 8.46. The highest BCUT2D eigenvalue weighted by Gasteiger charge is 2.33. The summed E-state index contributed by atoms with van der Waals surface area (Å²) < 4.78 is 81.6. The number of nitrogen functional groups attached to an aromatic ring is 4. The summed E-state index contributed by atoms with van der Waals surface area (Å²) in [6.07, 6.45) is 1.06. The van der Waals surface area contributed by atoms with E-state index in [1.165, 1.54) is 46.6 Å². The first-order valence-electron chi connectivity index (χ1n) is 33.0. The Kier molecular flexibility index (Phi) is 25.2. The van der Waals surface area contributed by atoms with Gasteiger partial charge in [-0.2, -0.15) is 51.8 Å². The molecule has 2 aliphatic rings. The van der Waals surface area contributed by atoms with Crippen LogP contribution in [0.4, 0.5) is 89.2 Å². The van der Waals surface area contributed by atoms with Crippen molar-refractivity contribution in [3.63, 3.8) is 0 Å². The first-order chi connectivity index (χ1) is 52.3. The largest absolute Gasteiger partial charge is 0.497 e. The molecular formula is C69H75ClF3N27O8. The van der Waals surface area contributed by atoms with Gasteiger partial charge in [0.15, 0.2) is 34.8 Å². The molecule has 14 rings (SSSR count). The van der Waals surface area contributed by atoms with Crippen LogP contribution < -0.4 is 78.5 Å². The fourth-order valence-corrected chi connectivity index (χ4v) is 10.5. The number of pyridine rings is 4. The molecular weight excluding hydrogens is 1430 g/mol. The maximum absolute atomic E-state index is 12.9. The SMILES string of the molecule is COc1cc(Nc2nc(N)n(-c3ccccn3)n2)ccc1OCCCN1CCOCC1.COc1ccc(Cl)c(Nc2nc(N)n(-c3ccccn3)n2)c1.COc1ccc(OC)c(Nc2nc(N)n(-c3cccc(C(F)(F)F)n3)n2)c1.NC(=O)c1ccc(-n2nc(Nc3ccc(N4CCOCC4)cc3)nc2N)nc1. The van der Waals surface area contributed by atoms with Crippen molar-refractivity contribution in [2.24, 2.45) is 5.73 Å². The normalized spacial score (nSPS) is 12.7. The Morgan fingerprint density at radius 3 is 1.54 bits per heavy atom. The number of halogens is 4. The predicted octanol–water partition coefficient (Wildman–Crippen LogP) is 8.70. The summed E-state index contributed by atoms with van der Waals surface area (Å²) >= 11 is 6.14. The Balaban J connectivity index is 0.000000144. The molecule has 0 atom stereocenters. The summed E-state index contributed by atoms with van der Waals surface area (Å²) in [6, 6.07) is 41.4. The summed E-state index contributed by atoms with van der Waals surface area (Å²) in [4.78, 5) is 48.6. The summed E-state index contributed by atoms with van der Waals surface area (Å²) in [5, 5.41) is 29.8. The number of primary amides is 1. The predicted molar refractivity (Wildman–Crippen MR) is 398 cm³/mol. The minimum absolute atomic E-state index is 0.0539. The third kappa shape index (κ3) is 20.1. The van der Waals surface area contributed by atoms with Crippen LogP contribution in [0, 0.1) is 0 Å². The first kappa shape index (κ1) is 75.8. The lowest BCUT2D eigenvalue weighted by Gasteiger charge is -2.28. The molecule has 35 nitrogen and oxygen atoms in total. The van der Waals surface area contributed by atoms with Crippen LogP contribution in [0.3, 0.4) is 0 Å². The molecule has 2 fully saturated rings. The number of morpholine rings is 2. The van der Waals surface area contributed by atoms with Gasteiger partial charge in [-0.05, 0) is 116 Å². The second kappa shape index (κ2) is 35.9. The minimum atomic E-state index is -4.58. The number of benzene rings is 4. The monoisotopic (exact) mass is 1500 g/mol. The van der Waals surface area contributed by atoms with Crippen molar-refractivity contribution in [3.8, 4) is 52.0 Å². The lowest BCUT2D eigenvalue weighted by Crippen LogP contribution is -2.37. The first-order valence-corrected chi connectivity index (χ1v) is 33.4. The van der Waals surface area contributed by atoms with Crippen LogP contribution in [0.25, 0.3) is 23.3 Å². The van der Waals surface area contributed by atoms with E-state index in [0.717, 1.165) is 93.4 Å². The number of aromatic nitrogens is 16.